The molecule has 0 bridgehead atoms. The number of fused-ring (bicyclic) bond motifs is 2. The van der Waals surface area contributed by atoms with Crippen LogP contribution < -0.4 is 5.32 Å². The van der Waals surface area contributed by atoms with Gasteiger partial charge in [-0.25, -0.2) is 8.78 Å². The minimum Gasteiger partial charge on any atom is -0.376 e. The first-order chi connectivity index (χ1) is 8.16. The SMILES string of the molecule is O=C1c2cc(F)c(F)cc2NC2COCCN12. The second kappa shape index (κ2) is 3.66. The topological polar surface area (TPSA) is 41.6 Å². The number of ether oxygens (including phenoxy) is 1. The summed E-state index contributed by atoms with van der Waals surface area (Å²) < 4.78 is 31.4. The molecule has 1 atom stereocenters. The summed E-state index contributed by atoms with van der Waals surface area (Å²) in [7, 11) is 0. The van der Waals surface area contributed by atoms with Crippen molar-refractivity contribution in [3.8, 4) is 0 Å². The number of nitrogens with zero attached hydrogens (tertiary/aromatic N) is 1. The monoisotopic (exact) mass is 240 g/mol. The molecule has 1 saturated heterocycles. The second-order valence-corrected chi connectivity index (χ2v) is 4.05. The molecule has 1 aromatic rings. The minimum atomic E-state index is -1.01. The van der Waals surface area contributed by atoms with Gasteiger partial charge < -0.3 is 15.0 Å². The molecular formula is C11H10F2N2O2. The standard InChI is InChI=1S/C11H10F2N2O2/c12-7-3-6-9(4-8(7)13)14-10-5-17-2-1-15(10)11(6)16/h3-4,10,14H,1-2,5H2. The van der Waals surface area contributed by atoms with E-state index in [2.05, 4.69) is 5.32 Å². The lowest BCUT2D eigenvalue weighted by Crippen LogP contribution is -2.55. The van der Waals surface area contributed by atoms with Crippen LogP contribution in [0.2, 0.25) is 0 Å². The van der Waals surface area contributed by atoms with E-state index in [-0.39, 0.29) is 17.6 Å². The summed E-state index contributed by atoms with van der Waals surface area (Å²) in [6.45, 7) is 1.27. The first-order valence-electron chi connectivity index (χ1n) is 5.31. The summed E-state index contributed by atoms with van der Waals surface area (Å²) in [6.07, 6.45) is -0.298. The number of halogens is 2. The van der Waals surface area contributed by atoms with E-state index >= 15 is 0 Å². The summed E-state index contributed by atoms with van der Waals surface area (Å²) in [5.74, 6) is -2.26. The molecule has 0 aromatic heterocycles. The summed E-state index contributed by atoms with van der Waals surface area (Å²) in [5, 5.41) is 2.97. The van der Waals surface area contributed by atoms with Gasteiger partial charge in [-0.1, -0.05) is 0 Å². The van der Waals surface area contributed by atoms with E-state index in [4.69, 9.17) is 4.74 Å². The van der Waals surface area contributed by atoms with Crippen LogP contribution in [0.1, 0.15) is 10.4 Å². The van der Waals surface area contributed by atoms with Crippen molar-refractivity contribution in [2.75, 3.05) is 25.1 Å². The van der Waals surface area contributed by atoms with Crippen LogP contribution in [-0.4, -0.2) is 36.7 Å². The number of anilines is 1. The van der Waals surface area contributed by atoms with Crippen molar-refractivity contribution in [2.45, 2.75) is 6.17 Å². The van der Waals surface area contributed by atoms with Gasteiger partial charge in [0, 0.05) is 12.6 Å². The predicted octanol–water partition coefficient (Wildman–Crippen LogP) is 1.19. The summed E-state index contributed by atoms with van der Waals surface area (Å²) in [6, 6.07) is 1.94. The highest BCUT2D eigenvalue weighted by Gasteiger charge is 2.34. The Morgan fingerprint density at radius 3 is 2.94 bits per heavy atom. The molecule has 1 amide bonds. The summed E-state index contributed by atoms with van der Waals surface area (Å²) >= 11 is 0. The van der Waals surface area contributed by atoms with Crippen molar-refractivity contribution in [2.24, 2.45) is 0 Å². The fraction of sp³-hybridized carbons (Fsp3) is 0.364. The Bertz CT molecular complexity index is 493. The van der Waals surface area contributed by atoms with Crippen LogP contribution in [0.4, 0.5) is 14.5 Å². The zero-order chi connectivity index (χ0) is 12.0. The van der Waals surface area contributed by atoms with Gasteiger partial charge in [-0.3, -0.25) is 4.79 Å². The maximum Gasteiger partial charge on any atom is 0.257 e. The molecule has 0 spiro atoms. The van der Waals surface area contributed by atoms with E-state index in [1.807, 2.05) is 0 Å². The molecule has 17 heavy (non-hydrogen) atoms. The number of amides is 1. The van der Waals surface area contributed by atoms with Gasteiger partial charge in [0.15, 0.2) is 11.6 Å². The number of rotatable bonds is 0. The first-order valence-corrected chi connectivity index (χ1v) is 5.31. The second-order valence-electron chi connectivity index (χ2n) is 4.05. The van der Waals surface area contributed by atoms with Crippen LogP contribution in [0.5, 0.6) is 0 Å². The molecule has 1 aromatic carbocycles. The Labute approximate surface area is 96.2 Å². The molecular weight excluding hydrogens is 230 g/mol. The Balaban J connectivity index is 2.06. The van der Waals surface area contributed by atoms with Gasteiger partial charge >= 0.3 is 0 Å². The molecule has 2 aliphatic heterocycles. The van der Waals surface area contributed by atoms with Crippen LogP contribution in [0, 0.1) is 11.6 Å². The third-order valence-corrected chi connectivity index (χ3v) is 3.00. The summed E-state index contributed by atoms with van der Waals surface area (Å²) in [5.41, 5.74) is 0.489. The Morgan fingerprint density at radius 1 is 1.35 bits per heavy atom. The predicted molar refractivity (Wildman–Crippen MR) is 55.6 cm³/mol. The van der Waals surface area contributed by atoms with E-state index in [0.29, 0.717) is 25.4 Å². The molecule has 90 valence electrons. The lowest BCUT2D eigenvalue weighted by molar-refractivity contribution is 0.00401. The van der Waals surface area contributed by atoms with Gasteiger partial charge in [0.25, 0.3) is 5.91 Å². The number of hydrogen-bond acceptors (Lipinski definition) is 3. The van der Waals surface area contributed by atoms with Crippen molar-refractivity contribution in [3.05, 3.63) is 29.3 Å². The molecule has 1 fully saturated rings. The number of morpholine rings is 1. The van der Waals surface area contributed by atoms with Crippen molar-refractivity contribution < 1.29 is 18.3 Å². The van der Waals surface area contributed by atoms with E-state index in [1.54, 1.807) is 4.90 Å². The average molecular weight is 240 g/mol. The van der Waals surface area contributed by atoms with Gasteiger partial charge in [-0.2, -0.15) is 0 Å². The number of benzene rings is 1. The van der Waals surface area contributed by atoms with Crippen LogP contribution in [-0.2, 0) is 4.74 Å². The zero-order valence-corrected chi connectivity index (χ0v) is 8.87. The molecule has 6 heteroatoms. The van der Waals surface area contributed by atoms with Crippen molar-refractivity contribution in [3.63, 3.8) is 0 Å². The van der Waals surface area contributed by atoms with Crippen molar-refractivity contribution >= 4 is 11.6 Å². The van der Waals surface area contributed by atoms with E-state index in [9.17, 15) is 13.6 Å². The molecule has 0 radical (unpaired) electrons. The highest BCUT2D eigenvalue weighted by Crippen LogP contribution is 2.28. The molecule has 1 N–H and O–H groups in total. The Hall–Kier alpha value is -1.69. The lowest BCUT2D eigenvalue weighted by atomic mass is 10.1. The van der Waals surface area contributed by atoms with Crippen LogP contribution in [0.15, 0.2) is 12.1 Å². The van der Waals surface area contributed by atoms with Crippen LogP contribution in [0.3, 0.4) is 0 Å². The smallest absolute Gasteiger partial charge is 0.257 e. The average Bonchev–Trinajstić information content (AvgIpc) is 2.32. The molecule has 2 aliphatic rings. The van der Waals surface area contributed by atoms with Gasteiger partial charge in [0.1, 0.15) is 6.17 Å². The van der Waals surface area contributed by atoms with Crippen molar-refractivity contribution in [1.29, 1.82) is 0 Å². The molecule has 2 heterocycles. The largest absolute Gasteiger partial charge is 0.376 e. The third-order valence-electron chi connectivity index (χ3n) is 3.00. The van der Waals surface area contributed by atoms with Gasteiger partial charge in [-0.05, 0) is 6.07 Å². The highest BCUT2D eigenvalue weighted by atomic mass is 19.2. The fourth-order valence-electron chi connectivity index (χ4n) is 2.14. The molecule has 0 aliphatic carbocycles. The third kappa shape index (κ3) is 1.56. The summed E-state index contributed by atoms with van der Waals surface area (Å²) in [4.78, 5) is 13.6. The fourth-order valence-corrected chi connectivity index (χ4v) is 2.14. The maximum atomic E-state index is 13.1. The van der Waals surface area contributed by atoms with E-state index in [0.717, 1.165) is 12.1 Å². The van der Waals surface area contributed by atoms with Gasteiger partial charge in [0.05, 0.1) is 24.5 Å². The van der Waals surface area contributed by atoms with Gasteiger partial charge in [-0.15, -0.1) is 0 Å². The first kappa shape index (κ1) is 10.5. The number of hydrogen-bond donors (Lipinski definition) is 1. The number of nitrogens with one attached hydrogen (secondary N) is 1. The van der Waals surface area contributed by atoms with E-state index in [1.165, 1.54) is 0 Å². The van der Waals surface area contributed by atoms with Gasteiger partial charge in [0.2, 0.25) is 0 Å². The Kier molecular flexibility index (Phi) is 2.25. The lowest BCUT2D eigenvalue weighted by Gasteiger charge is -2.40. The molecule has 3 rings (SSSR count). The molecule has 4 nitrogen and oxygen atoms in total. The molecule has 1 unspecified atom stereocenters. The maximum absolute atomic E-state index is 13.1. The quantitative estimate of drug-likeness (QED) is 0.740. The number of carbonyl (C=O) groups is 1. The zero-order valence-electron chi connectivity index (χ0n) is 8.87. The van der Waals surface area contributed by atoms with Crippen molar-refractivity contribution in [1.82, 2.24) is 4.90 Å². The van der Waals surface area contributed by atoms with Crippen LogP contribution in [0.25, 0.3) is 0 Å². The van der Waals surface area contributed by atoms with E-state index < -0.39 is 11.6 Å². The highest BCUT2D eigenvalue weighted by molar-refractivity contribution is 6.01. The minimum absolute atomic E-state index is 0.169. The Morgan fingerprint density at radius 2 is 2.12 bits per heavy atom. The normalized spacial score (nSPS) is 22.8. The van der Waals surface area contributed by atoms with Crippen LogP contribution >= 0.6 is 0 Å². The number of carbonyl (C=O) groups excluding carboxylic acids is 1. The molecule has 0 saturated carbocycles.